The van der Waals surface area contributed by atoms with Crippen LogP contribution in [0.15, 0.2) is 30.3 Å². The van der Waals surface area contributed by atoms with Crippen molar-refractivity contribution in [3.63, 3.8) is 0 Å². The van der Waals surface area contributed by atoms with Crippen molar-refractivity contribution in [2.75, 3.05) is 6.61 Å². The number of nitrogens with zero attached hydrogens (tertiary/aromatic N) is 1. The largest absolute Gasteiger partial charge is 0.396 e. The van der Waals surface area contributed by atoms with Crippen LogP contribution in [0.2, 0.25) is 0 Å². The van der Waals surface area contributed by atoms with Gasteiger partial charge in [-0.05, 0) is 0 Å². The maximum atomic E-state index is 10.0. The molecule has 0 unspecified atom stereocenters. The van der Waals surface area contributed by atoms with Gasteiger partial charge in [0, 0.05) is 25.2 Å². The first-order valence-corrected chi connectivity index (χ1v) is 4.96. The van der Waals surface area contributed by atoms with Crippen molar-refractivity contribution in [1.82, 2.24) is 0 Å². The van der Waals surface area contributed by atoms with E-state index in [1.54, 1.807) is 18.2 Å². The third-order valence-electron chi connectivity index (χ3n) is 1.21. The van der Waals surface area contributed by atoms with Gasteiger partial charge in [-0.2, -0.15) is 0 Å². The molecule has 0 spiro atoms. The zero-order valence-corrected chi connectivity index (χ0v) is 9.50. The third kappa shape index (κ3) is 10.3. The van der Waals surface area contributed by atoms with Crippen LogP contribution < -0.4 is 0 Å². The van der Waals surface area contributed by atoms with Gasteiger partial charge in [-0.25, -0.2) is 0 Å². The van der Waals surface area contributed by atoms with E-state index in [0.29, 0.717) is 6.29 Å². The predicted octanol–water partition coefficient (Wildman–Crippen LogP) is 2.19. The minimum absolute atomic E-state index is 0.0243. The Bertz CT molecular complexity index is 275. The Morgan fingerprint density at radius 2 is 1.81 bits per heavy atom. The molecule has 0 amide bonds. The van der Waals surface area contributed by atoms with Crippen molar-refractivity contribution in [3.8, 4) is 0 Å². The molecule has 0 heterocycles. The van der Waals surface area contributed by atoms with Gasteiger partial charge < -0.3 is 9.90 Å². The molecule has 0 aliphatic rings. The van der Waals surface area contributed by atoms with Crippen molar-refractivity contribution < 1.29 is 14.8 Å². The second-order valence-corrected chi connectivity index (χ2v) is 2.27. The zero-order chi connectivity index (χ0) is 12.8. The topological polar surface area (TPSA) is 80.4 Å². The molecule has 0 saturated carbocycles. The van der Waals surface area contributed by atoms with Crippen LogP contribution in [0.1, 0.15) is 20.3 Å². The van der Waals surface area contributed by atoms with Gasteiger partial charge in [-0.3, -0.25) is 10.1 Å². The van der Waals surface area contributed by atoms with Crippen molar-refractivity contribution in [2.45, 2.75) is 20.3 Å². The molecule has 0 aliphatic carbocycles. The summed E-state index contributed by atoms with van der Waals surface area (Å²) in [5.41, 5.74) is 0.137. The number of hydrogen-bond donors (Lipinski definition) is 1. The molecule has 1 rings (SSSR count). The Labute approximate surface area is 94.9 Å². The first kappa shape index (κ1) is 16.7. The number of aldehydes is 1. The van der Waals surface area contributed by atoms with Gasteiger partial charge in [0.2, 0.25) is 0 Å². The molecule has 0 aliphatic heterocycles. The highest BCUT2D eigenvalue weighted by molar-refractivity contribution is 5.49. The highest BCUT2D eigenvalue weighted by Gasteiger charge is 1.98. The molecule has 5 heteroatoms. The molecule has 5 nitrogen and oxygen atoms in total. The van der Waals surface area contributed by atoms with Gasteiger partial charge in [0.25, 0.3) is 5.69 Å². The van der Waals surface area contributed by atoms with Crippen molar-refractivity contribution in [3.05, 3.63) is 40.4 Å². The standard InChI is InChI=1S/C6H5NO2.C3H6O2.C2H6/c8-7(9)6-4-2-1-3-5-6;4-2-1-3-5;1-2/h1-5H;2,5H,1,3H2;1-2H3. The molecular weight excluding hydrogens is 210 g/mol. The van der Waals surface area contributed by atoms with E-state index in [4.69, 9.17) is 5.11 Å². The molecule has 0 bridgehead atoms. The fraction of sp³-hybridized carbons (Fsp3) is 0.364. The van der Waals surface area contributed by atoms with Crippen LogP contribution in [0.25, 0.3) is 0 Å². The number of aliphatic hydroxyl groups is 1. The van der Waals surface area contributed by atoms with Crippen LogP contribution in [0, 0.1) is 10.1 Å². The van der Waals surface area contributed by atoms with Gasteiger partial charge in [-0.15, -0.1) is 0 Å². The van der Waals surface area contributed by atoms with Crippen molar-refractivity contribution >= 4 is 12.0 Å². The van der Waals surface area contributed by atoms with Crippen LogP contribution in [0.5, 0.6) is 0 Å². The number of nitro groups is 1. The van der Waals surface area contributed by atoms with E-state index in [1.165, 1.54) is 12.1 Å². The van der Waals surface area contributed by atoms with Gasteiger partial charge in [0.15, 0.2) is 0 Å². The molecule has 0 radical (unpaired) electrons. The minimum atomic E-state index is -0.417. The zero-order valence-electron chi connectivity index (χ0n) is 9.50. The smallest absolute Gasteiger partial charge is 0.269 e. The Morgan fingerprint density at radius 3 is 2.00 bits per heavy atom. The second kappa shape index (κ2) is 13.2. The molecule has 0 atom stereocenters. The third-order valence-corrected chi connectivity index (χ3v) is 1.21. The first-order chi connectivity index (χ1) is 7.72. The Hall–Kier alpha value is -1.75. The molecular formula is C11H17NO4. The van der Waals surface area contributed by atoms with Crippen molar-refractivity contribution in [1.29, 1.82) is 0 Å². The number of carbonyl (C=O) groups is 1. The summed E-state index contributed by atoms with van der Waals surface area (Å²) >= 11 is 0. The average molecular weight is 227 g/mol. The molecule has 0 aromatic heterocycles. The lowest BCUT2D eigenvalue weighted by Gasteiger charge is -1.85. The molecule has 90 valence electrons. The molecule has 1 aromatic carbocycles. The lowest BCUT2D eigenvalue weighted by molar-refractivity contribution is -0.384. The SMILES string of the molecule is CC.O=CCCO.O=[N+]([O-])c1ccccc1. The minimum Gasteiger partial charge on any atom is -0.396 e. The number of para-hydroxylation sites is 1. The summed E-state index contributed by atoms with van der Waals surface area (Å²) in [5, 5.41) is 17.8. The fourth-order valence-corrected chi connectivity index (χ4v) is 0.602. The highest BCUT2D eigenvalue weighted by atomic mass is 16.6. The summed E-state index contributed by atoms with van der Waals surface area (Å²) in [6.45, 7) is 3.98. The predicted molar refractivity (Wildman–Crippen MR) is 62.2 cm³/mol. The van der Waals surface area contributed by atoms with Crippen LogP contribution in [0.4, 0.5) is 5.69 Å². The van der Waals surface area contributed by atoms with E-state index in [2.05, 4.69) is 0 Å². The number of benzene rings is 1. The monoisotopic (exact) mass is 227 g/mol. The second-order valence-electron chi connectivity index (χ2n) is 2.27. The summed E-state index contributed by atoms with van der Waals surface area (Å²) in [7, 11) is 0. The Kier molecular flexibility index (Phi) is 13.8. The molecule has 0 saturated heterocycles. The normalized spacial score (nSPS) is 7.69. The molecule has 1 N–H and O–H groups in total. The van der Waals surface area contributed by atoms with E-state index < -0.39 is 4.92 Å². The number of nitro benzene ring substituents is 1. The van der Waals surface area contributed by atoms with E-state index >= 15 is 0 Å². The number of carbonyl (C=O) groups excluding carboxylic acids is 1. The average Bonchev–Trinajstić information content (AvgIpc) is 2.34. The molecule has 1 aromatic rings. The van der Waals surface area contributed by atoms with Crippen LogP contribution in [-0.2, 0) is 4.79 Å². The maximum absolute atomic E-state index is 10.0. The summed E-state index contributed by atoms with van der Waals surface area (Å²) in [4.78, 5) is 18.8. The quantitative estimate of drug-likeness (QED) is 0.487. The van der Waals surface area contributed by atoms with E-state index in [-0.39, 0.29) is 18.7 Å². The van der Waals surface area contributed by atoms with Gasteiger partial charge in [0.05, 0.1) is 4.92 Å². The molecule has 0 fully saturated rings. The number of non-ortho nitro benzene ring substituents is 1. The Balaban J connectivity index is 0. The summed E-state index contributed by atoms with van der Waals surface area (Å²) < 4.78 is 0. The Morgan fingerprint density at radius 1 is 1.31 bits per heavy atom. The van der Waals surface area contributed by atoms with E-state index in [0.717, 1.165) is 0 Å². The van der Waals surface area contributed by atoms with Crippen LogP contribution in [-0.4, -0.2) is 22.9 Å². The van der Waals surface area contributed by atoms with Gasteiger partial charge in [0.1, 0.15) is 6.29 Å². The van der Waals surface area contributed by atoms with Gasteiger partial charge >= 0.3 is 0 Å². The van der Waals surface area contributed by atoms with Gasteiger partial charge in [-0.1, -0.05) is 32.0 Å². The summed E-state index contributed by atoms with van der Waals surface area (Å²) in [5.74, 6) is 0. The number of hydrogen-bond acceptors (Lipinski definition) is 4. The molecule has 16 heavy (non-hydrogen) atoms. The van der Waals surface area contributed by atoms with Crippen LogP contribution >= 0.6 is 0 Å². The highest BCUT2D eigenvalue weighted by Crippen LogP contribution is 2.06. The fourth-order valence-electron chi connectivity index (χ4n) is 0.602. The first-order valence-electron chi connectivity index (χ1n) is 4.96. The van der Waals surface area contributed by atoms with E-state index in [9.17, 15) is 14.9 Å². The number of aliphatic hydroxyl groups excluding tert-OH is 1. The summed E-state index contributed by atoms with van der Waals surface area (Å²) in [6, 6.07) is 7.93. The number of rotatable bonds is 3. The van der Waals surface area contributed by atoms with E-state index in [1.807, 2.05) is 13.8 Å². The lowest BCUT2D eigenvalue weighted by Crippen LogP contribution is -1.84. The lowest BCUT2D eigenvalue weighted by atomic mass is 10.3. The maximum Gasteiger partial charge on any atom is 0.269 e. The summed E-state index contributed by atoms with van der Waals surface area (Å²) in [6.07, 6.45) is 0.944. The van der Waals surface area contributed by atoms with Crippen molar-refractivity contribution in [2.24, 2.45) is 0 Å². The van der Waals surface area contributed by atoms with Crippen LogP contribution in [0.3, 0.4) is 0 Å².